The van der Waals surface area contributed by atoms with E-state index in [1.54, 1.807) is 0 Å². The van der Waals surface area contributed by atoms with Gasteiger partial charge in [0.25, 0.3) is 0 Å². The zero-order valence-corrected chi connectivity index (χ0v) is 12.2. The van der Waals surface area contributed by atoms with Gasteiger partial charge in [-0.05, 0) is 31.6 Å². The van der Waals surface area contributed by atoms with Crippen LogP contribution in [0.3, 0.4) is 0 Å². The van der Waals surface area contributed by atoms with Crippen LogP contribution in [0.5, 0.6) is 0 Å². The SMILES string of the molecule is CC(CN1CCCC1=O)NC1CCCCC1(C)C. The van der Waals surface area contributed by atoms with Crippen LogP contribution in [0.25, 0.3) is 0 Å². The van der Waals surface area contributed by atoms with Crippen LogP contribution < -0.4 is 5.32 Å². The minimum atomic E-state index is 0.339. The van der Waals surface area contributed by atoms with Gasteiger partial charge in [-0.3, -0.25) is 4.79 Å². The van der Waals surface area contributed by atoms with Crippen molar-refractivity contribution in [3.05, 3.63) is 0 Å². The van der Waals surface area contributed by atoms with Crippen molar-refractivity contribution < 1.29 is 4.79 Å². The molecule has 18 heavy (non-hydrogen) atoms. The van der Waals surface area contributed by atoms with E-state index in [4.69, 9.17) is 0 Å². The van der Waals surface area contributed by atoms with Crippen molar-refractivity contribution in [1.82, 2.24) is 10.2 Å². The second kappa shape index (κ2) is 5.60. The average Bonchev–Trinajstić information content (AvgIpc) is 2.67. The van der Waals surface area contributed by atoms with E-state index in [0.29, 0.717) is 23.4 Å². The topological polar surface area (TPSA) is 32.3 Å². The van der Waals surface area contributed by atoms with Gasteiger partial charge in [-0.15, -0.1) is 0 Å². The van der Waals surface area contributed by atoms with Crippen LogP contribution in [0.1, 0.15) is 59.3 Å². The molecule has 2 atom stereocenters. The molecule has 2 unspecified atom stereocenters. The van der Waals surface area contributed by atoms with Crippen molar-refractivity contribution in [2.45, 2.75) is 71.4 Å². The summed E-state index contributed by atoms with van der Waals surface area (Å²) in [7, 11) is 0. The summed E-state index contributed by atoms with van der Waals surface area (Å²) in [6, 6.07) is 1.02. The monoisotopic (exact) mass is 252 g/mol. The Bertz CT molecular complexity index is 301. The third-order valence-corrected chi connectivity index (χ3v) is 4.66. The van der Waals surface area contributed by atoms with Crippen molar-refractivity contribution in [2.24, 2.45) is 5.41 Å². The summed E-state index contributed by atoms with van der Waals surface area (Å²) >= 11 is 0. The third kappa shape index (κ3) is 3.25. The van der Waals surface area contributed by atoms with Crippen LogP contribution in [0.4, 0.5) is 0 Å². The first-order valence-corrected chi connectivity index (χ1v) is 7.53. The van der Waals surface area contributed by atoms with Gasteiger partial charge in [-0.2, -0.15) is 0 Å². The largest absolute Gasteiger partial charge is 0.341 e. The summed E-state index contributed by atoms with van der Waals surface area (Å²) < 4.78 is 0. The smallest absolute Gasteiger partial charge is 0.222 e. The molecular weight excluding hydrogens is 224 g/mol. The van der Waals surface area contributed by atoms with E-state index in [0.717, 1.165) is 25.9 Å². The molecule has 1 aliphatic carbocycles. The van der Waals surface area contributed by atoms with E-state index in [9.17, 15) is 4.79 Å². The summed E-state index contributed by atoms with van der Waals surface area (Å²) in [5.41, 5.74) is 0.404. The standard InChI is InChI=1S/C15H28N2O/c1-12(11-17-10-6-8-14(17)18)16-13-7-4-5-9-15(13,2)3/h12-13,16H,4-11H2,1-3H3. The summed E-state index contributed by atoms with van der Waals surface area (Å²) in [4.78, 5) is 13.6. The van der Waals surface area contributed by atoms with Gasteiger partial charge in [0.1, 0.15) is 0 Å². The molecular formula is C15H28N2O. The first kappa shape index (κ1) is 13.9. The normalized spacial score (nSPS) is 29.6. The molecule has 0 bridgehead atoms. The Morgan fingerprint density at radius 3 is 2.78 bits per heavy atom. The predicted octanol–water partition coefficient (Wildman–Crippen LogP) is 2.56. The maximum Gasteiger partial charge on any atom is 0.222 e. The summed E-state index contributed by atoms with van der Waals surface area (Å²) in [6.45, 7) is 8.80. The lowest BCUT2D eigenvalue weighted by molar-refractivity contribution is -0.128. The van der Waals surface area contributed by atoms with Gasteiger partial charge in [0.2, 0.25) is 5.91 Å². The molecule has 3 nitrogen and oxygen atoms in total. The molecule has 1 amide bonds. The average molecular weight is 252 g/mol. The van der Waals surface area contributed by atoms with E-state index < -0.39 is 0 Å². The molecule has 3 heteroatoms. The Kier molecular flexibility index (Phi) is 4.31. The number of hydrogen-bond acceptors (Lipinski definition) is 2. The molecule has 2 aliphatic rings. The van der Waals surface area contributed by atoms with Gasteiger partial charge in [0.05, 0.1) is 0 Å². The number of nitrogens with zero attached hydrogens (tertiary/aromatic N) is 1. The molecule has 1 N–H and O–H groups in total. The Hall–Kier alpha value is -0.570. The number of rotatable bonds is 4. The van der Waals surface area contributed by atoms with Crippen molar-refractivity contribution in [1.29, 1.82) is 0 Å². The first-order chi connectivity index (χ1) is 8.49. The minimum Gasteiger partial charge on any atom is -0.341 e. The highest BCUT2D eigenvalue weighted by Crippen LogP contribution is 2.35. The van der Waals surface area contributed by atoms with Gasteiger partial charge < -0.3 is 10.2 Å². The number of amides is 1. The predicted molar refractivity (Wildman–Crippen MR) is 74.4 cm³/mol. The third-order valence-electron chi connectivity index (χ3n) is 4.66. The summed E-state index contributed by atoms with van der Waals surface area (Å²) in [5, 5.41) is 3.76. The van der Waals surface area contributed by atoms with Crippen LogP contribution in [-0.4, -0.2) is 36.0 Å². The van der Waals surface area contributed by atoms with Crippen molar-refractivity contribution in [3.63, 3.8) is 0 Å². The fraction of sp³-hybridized carbons (Fsp3) is 0.933. The summed E-state index contributed by atoms with van der Waals surface area (Å²) in [6.07, 6.45) is 7.11. The van der Waals surface area contributed by atoms with Crippen molar-refractivity contribution in [3.8, 4) is 0 Å². The molecule has 1 saturated heterocycles. The quantitative estimate of drug-likeness (QED) is 0.834. The first-order valence-electron chi connectivity index (χ1n) is 7.53. The second-order valence-electron chi connectivity index (χ2n) is 6.80. The van der Waals surface area contributed by atoms with Crippen LogP contribution >= 0.6 is 0 Å². The molecule has 0 spiro atoms. The lowest BCUT2D eigenvalue weighted by Crippen LogP contribution is -2.51. The number of likely N-dealkylation sites (tertiary alicyclic amines) is 1. The number of carbonyl (C=O) groups is 1. The van der Waals surface area contributed by atoms with Crippen molar-refractivity contribution >= 4 is 5.91 Å². The van der Waals surface area contributed by atoms with E-state index in [1.807, 2.05) is 4.90 Å². The lowest BCUT2D eigenvalue weighted by atomic mass is 9.73. The van der Waals surface area contributed by atoms with Gasteiger partial charge in [0.15, 0.2) is 0 Å². The van der Waals surface area contributed by atoms with Gasteiger partial charge in [0, 0.05) is 31.6 Å². The minimum absolute atomic E-state index is 0.339. The highest BCUT2D eigenvalue weighted by molar-refractivity contribution is 5.78. The zero-order valence-electron chi connectivity index (χ0n) is 12.2. The number of hydrogen-bond donors (Lipinski definition) is 1. The number of carbonyl (C=O) groups excluding carboxylic acids is 1. The van der Waals surface area contributed by atoms with E-state index in [1.165, 1.54) is 25.7 Å². The highest BCUT2D eigenvalue weighted by Gasteiger charge is 2.33. The Morgan fingerprint density at radius 2 is 2.17 bits per heavy atom. The fourth-order valence-electron chi connectivity index (χ4n) is 3.43. The molecule has 2 rings (SSSR count). The Labute approximate surface area is 111 Å². The number of nitrogens with one attached hydrogen (secondary N) is 1. The van der Waals surface area contributed by atoms with Crippen LogP contribution in [0, 0.1) is 5.41 Å². The Morgan fingerprint density at radius 1 is 1.39 bits per heavy atom. The maximum atomic E-state index is 11.6. The molecule has 0 radical (unpaired) electrons. The molecule has 104 valence electrons. The highest BCUT2D eigenvalue weighted by atomic mass is 16.2. The fourth-order valence-corrected chi connectivity index (χ4v) is 3.43. The van der Waals surface area contributed by atoms with Crippen molar-refractivity contribution in [2.75, 3.05) is 13.1 Å². The van der Waals surface area contributed by atoms with E-state index in [2.05, 4.69) is 26.1 Å². The zero-order chi connectivity index (χ0) is 13.2. The van der Waals surface area contributed by atoms with Crippen LogP contribution in [0.2, 0.25) is 0 Å². The lowest BCUT2D eigenvalue weighted by Gasteiger charge is -2.41. The Balaban J connectivity index is 1.82. The maximum absolute atomic E-state index is 11.6. The molecule has 0 aromatic rings. The molecule has 2 fully saturated rings. The van der Waals surface area contributed by atoms with Crippen LogP contribution in [0.15, 0.2) is 0 Å². The van der Waals surface area contributed by atoms with Gasteiger partial charge in [-0.25, -0.2) is 0 Å². The van der Waals surface area contributed by atoms with E-state index in [-0.39, 0.29) is 0 Å². The molecule has 0 aromatic heterocycles. The molecule has 1 saturated carbocycles. The molecule has 0 aromatic carbocycles. The van der Waals surface area contributed by atoms with Crippen LogP contribution in [-0.2, 0) is 4.79 Å². The van der Waals surface area contributed by atoms with Gasteiger partial charge >= 0.3 is 0 Å². The molecule has 1 aliphatic heterocycles. The second-order valence-corrected chi connectivity index (χ2v) is 6.80. The van der Waals surface area contributed by atoms with E-state index >= 15 is 0 Å². The summed E-state index contributed by atoms with van der Waals surface area (Å²) in [5.74, 6) is 0.339. The van der Waals surface area contributed by atoms with Gasteiger partial charge in [-0.1, -0.05) is 26.7 Å². The molecule has 1 heterocycles.